The molecular weight excluding hydrogens is 288 g/mol. The summed E-state index contributed by atoms with van der Waals surface area (Å²) in [7, 11) is 1.49. The van der Waals surface area contributed by atoms with Crippen LogP contribution in [0.2, 0.25) is 0 Å². The summed E-state index contributed by atoms with van der Waals surface area (Å²) in [6, 6.07) is 9.10. The van der Waals surface area contributed by atoms with E-state index in [0.29, 0.717) is 11.0 Å². The third kappa shape index (κ3) is 2.82. The normalized spacial score (nSPS) is 10.6. The Labute approximate surface area is 124 Å². The van der Waals surface area contributed by atoms with Gasteiger partial charge in [-0.1, -0.05) is 17.4 Å². The topological polar surface area (TPSA) is 77.0 Å². The molecule has 21 heavy (non-hydrogen) atoms. The number of rotatable bonds is 3. The average Bonchev–Trinajstić information content (AvgIpc) is 2.88. The lowest BCUT2D eigenvalue weighted by Crippen LogP contribution is -2.14. The van der Waals surface area contributed by atoms with Crippen molar-refractivity contribution in [2.45, 2.75) is 6.92 Å². The second-order valence-corrected chi connectivity index (χ2v) is 5.44. The van der Waals surface area contributed by atoms with Crippen molar-refractivity contribution in [3.63, 3.8) is 0 Å². The molecule has 1 amide bonds. The summed E-state index contributed by atoms with van der Waals surface area (Å²) in [5.74, 6) is 0.0166. The number of fused-ring (bicyclic) bond motifs is 1. The van der Waals surface area contributed by atoms with Crippen molar-refractivity contribution in [1.82, 2.24) is 15.2 Å². The number of anilines is 1. The van der Waals surface area contributed by atoms with Crippen LogP contribution in [0.15, 0.2) is 30.3 Å². The number of thiazole rings is 1. The van der Waals surface area contributed by atoms with Crippen LogP contribution in [0.1, 0.15) is 16.1 Å². The van der Waals surface area contributed by atoms with E-state index in [1.165, 1.54) is 18.4 Å². The molecule has 3 aromatic rings. The number of hydrogen-bond donors (Lipinski definition) is 1. The van der Waals surface area contributed by atoms with Crippen LogP contribution >= 0.6 is 11.3 Å². The average molecular weight is 300 g/mol. The highest BCUT2D eigenvalue weighted by Gasteiger charge is 2.12. The molecule has 1 aromatic carbocycles. The van der Waals surface area contributed by atoms with Crippen LogP contribution in [0.3, 0.4) is 0 Å². The van der Waals surface area contributed by atoms with Gasteiger partial charge in [0, 0.05) is 6.07 Å². The second-order valence-electron chi connectivity index (χ2n) is 4.41. The van der Waals surface area contributed by atoms with Crippen molar-refractivity contribution < 1.29 is 9.53 Å². The molecule has 2 heterocycles. The molecule has 6 nitrogen and oxygen atoms in total. The molecule has 0 atom stereocenters. The largest absolute Gasteiger partial charge is 0.480 e. The lowest BCUT2D eigenvalue weighted by Gasteiger charge is -2.00. The molecule has 106 valence electrons. The number of carbonyl (C=O) groups excluding carboxylic acids is 1. The number of carbonyl (C=O) groups is 1. The van der Waals surface area contributed by atoms with Crippen LogP contribution in [-0.2, 0) is 0 Å². The van der Waals surface area contributed by atoms with Crippen molar-refractivity contribution in [3.8, 4) is 5.88 Å². The Hall–Kier alpha value is -2.54. The number of benzene rings is 1. The first-order valence-corrected chi connectivity index (χ1v) is 7.03. The molecule has 0 aliphatic heterocycles. The molecule has 0 fully saturated rings. The Morgan fingerprint density at radius 1 is 1.24 bits per heavy atom. The van der Waals surface area contributed by atoms with Gasteiger partial charge >= 0.3 is 0 Å². The number of ether oxygens (including phenoxy) is 1. The minimum Gasteiger partial charge on any atom is -0.480 e. The van der Waals surface area contributed by atoms with Crippen molar-refractivity contribution in [2.24, 2.45) is 0 Å². The maximum Gasteiger partial charge on any atom is 0.277 e. The fourth-order valence-corrected chi connectivity index (χ4v) is 2.76. The lowest BCUT2D eigenvalue weighted by molar-refractivity contribution is 0.102. The van der Waals surface area contributed by atoms with Gasteiger partial charge in [-0.05, 0) is 30.7 Å². The number of amides is 1. The van der Waals surface area contributed by atoms with E-state index in [9.17, 15) is 4.79 Å². The first-order chi connectivity index (χ1) is 10.2. The van der Waals surface area contributed by atoms with Gasteiger partial charge in [0.2, 0.25) is 5.88 Å². The molecule has 0 saturated heterocycles. The molecule has 0 bridgehead atoms. The Morgan fingerprint density at radius 3 is 2.81 bits per heavy atom. The van der Waals surface area contributed by atoms with Crippen LogP contribution < -0.4 is 10.1 Å². The standard InChI is InChI=1S/C14H12N4O2S/c1-8-3-4-9-11(7-8)21-14(15-9)16-13(19)10-5-6-12(20-2)18-17-10/h3-7H,1-2H3,(H,15,16,19). The molecule has 0 spiro atoms. The van der Waals surface area contributed by atoms with E-state index in [1.807, 2.05) is 25.1 Å². The molecule has 0 aliphatic carbocycles. The maximum absolute atomic E-state index is 12.1. The number of nitrogens with one attached hydrogen (secondary N) is 1. The smallest absolute Gasteiger partial charge is 0.277 e. The summed E-state index contributed by atoms with van der Waals surface area (Å²) >= 11 is 1.43. The van der Waals surface area contributed by atoms with Crippen molar-refractivity contribution in [3.05, 3.63) is 41.6 Å². The van der Waals surface area contributed by atoms with Gasteiger partial charge in [0.05, 0.1) is 17.3 Å². The molecule has 1 N–H and O–H groups in total. The fourth-order valence-electron chi connectivity index (χ4n) is 1.80. The Kier molecular flexibility index (Phi) is 3.49. The van der Waals surface area contributed by atoms with Crippen molar-refractivity contribution in [1.29, 1.82) is 0 Å². The Morgan fingerprint density at radius 2 is 2.10 bits per heavy atom. The summed E-state index contributed by atoms with van der Waals surface area (Å²) in [6.07, 6.45) is 0. The maximum atomic E-state index is 12.1. The van der Waals surface area contributed by atoms with Crippen molar-refractivity contribution in [2.75, 3.05) is 12.4 Å². The summed E-state index contributed by atoms with van der Waals surface area (Å²) in [6.45, 7) is 2.02. The van der Waals surface area contributed by atoms with Crippen LogP contribution in [0.5, 0.6) is 5.88 Å². The van der Waals surface area contributed by atoms with E-state index in [4.69, 9.17) is 4.74 Å². The summed E-state index contributed by atoms with van der Waals surface area (Å²) < 4.78 is 5.94. The highest BCUT2D eigenvalue weighted by molar-refractivity contribution is 7.22. The van der Waals surface area contributed by atoms with E-state index in [1.54, 1.807) is 12.1 Å². The van der Waals surface area contributed by atoms with E-state index in [-0.39, 0.29) is 11.6 Å². The summed E-state index contributed by atoms with van der Waals surface area (Å²) in [5, 5.41) is 10.8. The van der Waals surface area contributed by atoms with Gasteiger partial charge in [-0.15, -0.1) is 10.2 Å². The van der Waals surface area contributed by atoms with Crippen LogP contribution in [-0.4, -0.2) is 28.2 Å². The Balaban J connectivity index is 1.81. The van der Waals surface area contributed by atoms with Gasteiger partial charge in [-0.2, -0.15) is 0 Å². The van der Waals surface area contributed by atoms with Crippen LogP contribution in [0.25, 0.3) is 10.2 Å². The molecule has 3 rings (SSSR count). The zero-order chi connectivity index (χ0) is 14.8. The molecule has 2 aromatic heterocycles. The number of methoxy groups -OCH3 is 1. The van der Waals surface area contributed by atoms with E-state index < -0.39 is 0 Å². The highest BCUT2D eigenvalue weighted by atomic mass is 32.1. The SMILES string of the molecule is COc1ccc(C(=O)Nc2nc3ccc(C)cc3s2)nn1. The van der Waals surface area contributed by atoms with Gasteiger partial charge in [0.1, 0.15) is 0 Å². The number of hydrogen-bond acceptors (Lipinski definition) is 6. The minimum atomic E-state index is -0.346. The number of nitrogens with zero attached hydrogens (tertiary/aromatic N) is 3. The molecular formula is C14H12N4O2S. The number of aryl methyl sites for hydroxylation is 1. The quantitative estimate of drug-likeness (QED) is 0.804. The van der Waals surface area contributed by atoms with E-state index in [0.717, 1.165) is 15.8 Å². The molecule has 0 radical (unpaired) electrons. The number of aromatic nitrogens is 3. The monoisotopic (exact) mass is 300 g/mol. The van der Waals surface area contributed by atoms with E-state index >= 15 is 0 Å². The van der Waals surface area contributed by atoms with Gasteiger partial charge < -0.3 is 4.74 Å². The third-order valence-electron chi connectivity index (χ3n) is 2.85. The van der Waals surface area contributed by atoms with Crippen LogP contribution in [0.4, 0.5) is 5.13 Å². The zero-order valence-electron chi connectivity index (χ0n) is 11.5. The Bertz CT molecular complexity index is 798. The first kappa shape index (κ1) is 13.4. The lowest BCUT2D eigenvalue weighted by atomic mass is 10.2. The van der Waals surface area contributed by atoms with Gasteiger partial charge in [-0.3, -0.25) is 10.1 Å². The predicted molar refractivity (Wildman–Crippen MR) is 80.9 cm³/mol. The molecule has 0 saturated carbocycles. The molecule has 0 unspecified atom stereocenters. The fraction of sp³-hybridized carbons (Fsp3) is 0.143. The molecule has 7 heteroatoms. The first-order valence-electron chi connectivity index (χ1n) is 6.22. The van der Waals surface area contributed by atoms with Gasteiger partial charge in [-0.25, -0.2) is 4.98 Å². The third-order valence-corrected chi connectivity index (χ3v) is 3.78. The van der Waals surface area contributed by atoms with Gasteiger partial charge in [0.15, 0.2) is 10.8 Å². The summed E-state index contributed by atoms with van der Waals surface area (Å²) in [5.41, 5.74) is 2.23. The second kappa shape index (κ2) is 5.45. The highest BCUT2D eigenvalue weighted by Crippen LogP contribution is 2.26. The predicted octanol–water partition coefficient (Wildman–Crippen LogP) is 2.66. The van der Waals surface area contributed by atoms with Gasteiger partial charge in [0.25, 0.3) is 5.91 Å². The minimum absolute atomic E-state index is 0.214. The summed E-state index contributed by atoms with van der Waals surface area (Å²) in [4.78, 5) is 16.4. The van der Waals surface area contributed by atoms with Crippen LogP contribution in [0, 0.1) is 6.92 Å². The van der Waals surface area contributed by atoms with Crippen molar-refractivity contribution >= 4 is 32.6 Å². The molecule has 0 aliphatic rings. The zero-order valence-corrected chi connectivity index (χ0v) is 12.3. The van der Waals surface area contributed by atoms with E-state index in [2.05, 4.69) is 20.5 Å².